The van der Waals surface area contributed by atoms with Gasteiger partial charge in [0, 0.05) is 22.9 Å². The highest BCUT2D eigenvalue weighted by Gasteiger charge is 2.23. The maximum absolute atomic E-state index is 13.5. The summed E-state index contributed by atoms with van der Waals surface area (Å²) in [5.74, 6) is -0.0187. The Hall–Kier alpha value is -1.58. The molecule has 1 saturated carbocycles. The average Bonchev–Trinajstić information content (AvgIpc) is 2.71. The second kappa shape index (κ2) is 4.96. The molecule has 98 valence electrons. The number of hydrogen-bond acceptors (Lipinski definition) is 2. The van der Waals surface area contributed by atoms with Gasteiger partial charge in [0.25, 0.3) is 5.91 Å². The largest absolute Gasteiger partial charge is 0.398 e. The summed E-state index contributed by atoms with van der Waals surface area (Å²) in [4.78, 5) is 12.0. The van der Waals surface area contributed by atoms with Crippen molar-refractivity contribution < 1.29 is 9.18 Å². The Kier molecular flexibility index (Phi) is 3.55. The predicted octanol–water partition coefficient (Wildman–Crippen LogP) is 2.63. The highest BCUT2D eigenvalue weighted by atomic mass is 19.1. The molecule has 0 radical (unpaired) electrons. The van der Waals surface area contributed by atoms with E-state index in [4.69, 9.17) is 5.73 Å². The van der Waals surface area contributed by atoms with Crippen LogP contribution in [0.3, 0.4) is 0 Å². The fourth-order valence-electron chi connectivity index (χ4n) is 2.44. The third-order valence-electron chi connectivity index (χ3n) is 3.68. The van der Waals surface area contributed by atoms with Crippen molar-refractivity contribution in [3.63, 3.8) is 0 Å². The minimum atomic E-state index is -0.431. The predicted molar refractivity (Wildman–Crippen MR) is 69.8 cm³/mol. The molecule has 1 aliphatic rings. The third-order valence-corrected chi connectivity index (χ3v) is 3.68. The average molecular weight is 250 g/mol. The van der Waals surface area contributed by atoms with Crippen LogP contribution in [0, 0.1) is 18.7 Å². The highest BCUT2D eigenvalue weighted by molar-refractivity contribution is 5.95. The van der Waals surface area contributed by atoms with E-state index in [1.54, 1.807) is 6.92 Å². The van der Waals surface area contributed by atoms with Crippen LogP contribution in [0.4, 0.5) is 10.1 Å². The number of carbonyl (C=O) groups excluding carboxylic acids is 1. The van der Waals surface area contributed by atoms with Gasteiger partial charge in [0.1, 0.15) is 5.82 Å². The van der Waals surface area contributed by atoms with Gasteiger partial charge in [0.15, 0.2) is 0 Å². The number of rotatable bonds is 2. The number of benzene rings is 1. The number of halogens is 1. The SMILES string of the molecule is Cc1c(N)cc(C(=O)NC2CCC(C)C2)cc1F. The molecule has 0 aromatic heterocycles. The first-order valence-corrected chi connectivity index (χ1v) is 6.34. The van der Waals surface area contributed by atoms with Crippen LogP contribution in [0.2, 0.25) is 0 Å². The Bertz CT molecular complexity index is 450. The summed E-state index contributed by atoms with van der Waals surface area (Å²) in [6, 6.07) is 2.99. The second-order valence-electron chi connectivity index (χ2n) is 5.26. The van der Waals surface area contributed by atoms with E-state index in [-0.39, 0.29) is 11.9 Å². The first-order chi connectivity index (χ1) is 8.47. The van der Waals surface area contributed by atoms with Gasteiger partial charge in [0.05, 0.1) is 0 Å². The summed E-state index contributed by atoms with van der Waals surface area (Å²) in [5.41, 5.74) is 6.68. The standard InChI is InChI=1S/C14H19FN2O/c1-8-3-4-11(5-8)17-14(18)10-6-12(15)9(2)13(16)7-10/h6-8,11H,3-5,16H2,1-2H3,(H,17,18). The van der Waals surface area contributed by atoms with Gasteiger partial charge in [0.2, 0.25) is 0 Å². The van der Waals surface area contributed by atoms with Crippen LogP contribution in [0.15, 0.2) is 12.1 Å². The summed E-state index contributed by atoms with van der Waals surface area (Å²) >= 11 is 0. The lowest BCUT2D eigenvalue weighted by molar-refractivity contribution is 0.0937. The van der Waals surface area contributed by atoms with Crippen LogP contribution < -0.4 is 11.1 Å². The molecule has 3 nitrogen and oxygen atoms in total. The topological polar surface area (TPSA) is 55.1 Å². The molecule has 0 spiro atoms. The quantitative estimate of drug-likeness (QED) is 0.793. The number of nitrogens with two attached hydrogens (primary N) is 1. The van der Waals surface area contributed by atoms with Crippen molar-refractivity contribution >= 4 is 11.6 Å². The number of carbonyl (C=O) groups is 1. The molecule has 1 aromatic rings. The van der Waals surface area contributed by atoms with Crippen molar-refractivity contribution in [2.75, 3.05) is 5.73 Å². The van der Waals surface area contributed by atoms with Crippen molar-refractivity contribution in [1.29, 1.82) is 0 Å². The Balaban J connectivity index is 2.09. The van der Waals surface area contributed by atoms with Crippen LogP contribution in [-0.4, -0.2) is 11.9 Å². The lowest BCUT2D eigenvalue weighted by Gasteiger charge is -2.13. The number of anilines is 1. The Labute approximate surface area is 107 Å². The fraction of sp³-hybridized carbons (Fsp3) is 0.500. The van der Waals surface area contributed by atoms with Crippen molar-refractivity contribution in [3.05, 3.63) is 29.1 Å². The summed E-state index contributed by atoms with van der Waals surface area (Å²) in [6.45, 7) is 3.78. The molecule has 2 rings (SSSR count). The van der Waals surface area contributed by atoms with Crippen LogP contribution >= 0.6 is 0 Å². The molecule has 1 aliphatic carbocycles. The molecule has 1 aromatic carbocycles. The number of hydrogen-bond donors (Lipinski definition) is 2. The van der Waals surface area contributed by atoms with Gasteiger partial charge in [-0.2, -0.15) is 0 Å². The van der Waals surface area contributed by atoms with Gasteiger partial charge >= 0.3 is 0 Å². The van der Waals surface area contributed by atoms with Crippen molar-refractivity contribution in [1.82, 2.24) is 5.32 Å². The molecule has 2 unspecified atom stereocenters. The first-order valence-electron chi connectivity index (χ1n) is 6.34. The fourth-order valence-corrected chi connectivity index (χ4v) is 2.44. The second-order valence-corrected chi connectivity index (χ2v) is 5.26. The normalized spacial score (nSPS) is 23.1. The molecular weight excluding hydrogens is 231 g/mol. The van der Waals surface area contributed by atoms with E-state index in [0.29, 0.717) is 22.7 Å². The minimum absolute atomic E-state index is 0.207. The van der Waals surface area contributed by atoms with E-state index in [2.05, 4.69) is 12.2 Å². The van der Waals surface area contributed by atoms with Crippen LogP contribution in [0.5, 0.6) is 0 Å². The van der Waals surface area contributed by atoms with Crippen molar-refractivity contribution in [2.45, 2.75) is 39.2 Å². The Morgan fingerprint density at radius 2 is 2.17 bits per heavy atom. The molecule has 0 bridgehead atoms. The summed E-state index contributed by atoms with van der Waals surface area (Å²) < 4.78 is 13.5. The molecule has 3 N–H and O–H groups in total. The van der Waals surface area contributed by atoms with Gasteiger partial charge in [-0.25, -0.2) is 4.39 Å². The van der Waals surface area contributed by atoms with Gasteiger partial charge in [-0.1, -0.05) is 6.92 Å². The van der Waals surface area contributed by atoms with Gasteiger partial charge in [-0.05, 0) is 44.2 Å². The maximum atomic E-state index is 13.5. The first kappa shape index (κ1) is 12.9. The molecule has 4 heteroatoms. The maximum Gasteiger partial charge on any atom is 0.251 e. The molecule has 2 atom stereocenters. The monoisotopic (exact) mass is 250 g/mol. The molecule has 1 amide bonds. The van der Waals surface area contributed by atoms with E-state index < -0.39 is 5.82 Å². The zero-order valence-corrected chi connectivity index (χ0v) is 10.8. The lowest BCUT2D eigenvalue weighted by Crippen LogP contribution is -2.33. The number of nitrogens with one attached hydrogen (secondary N) is 1. The van der Waals surface area contributed by atoms with E-state index in [0.717, 1.165) is 19.3 Å². The van der Waals surface area contributed by atoms with Gasteiger partial charge in [-0.3, -0.25) is 4.79 Å². The van der Waals surface area contributed by atoms with Gasteiger partial charge in [-0.15, -0.1) is 0 Å². The highest BCUT2D eigenvalue weighted by Crippen LogP contribution is 2.25. The number of amides is 1. The van der Waals surface area contributed by atoms with E-state index in [9.17, 15) is 9.18 Å². The summed E-state index contributed by atoms with van der Waals surface area (Å²) in [7, 11) is 0. The Morgan fingerprint density at radius 1 is 1.44 bits per heavy atom. The molecule has 18 heavy (non-hydrogen) atoms. The lowest BCUT2D eigenvalue weighted by atomic mass is 10.1. The van der Waals surface area contributed by atoms with Gasteiger partial charge < -0.3 is 11.1 Å². The van der Waals surface area contributed by atoms with E-state index >= 15 is 0 Å². The molecule has 1 fully saturated rings. The van der Waals surface area contributed by atoms with Crippen molar-refractivity contribution in [3.8, 4) is 0 Å². The molecule has 0 heterocycles. The third kappa shape index (κ3) is 2.63. The smallest absolute Gasteiger partial charge is 0.251 e. The molecule has 0 aliphatic heterocycles. The number of nitrogen functional groups attached to an aromatic ring is 1. The Morgan fingerprint density at radius 3 is 2.72 bits per heavy atom. The van der Waals surface area contributed by atoms with Crippen molar-refractivity contribution in [2.24, 2.45) is 5.92 Å². The zero-order chi connectivity index (χ0) is 13.3. The minimum Gasteiger partial charge on any atom is -0.398 e. The van der Waals surface area contributed by atoms with Crippen LogP contribution in [0.25, 0.3) is 0 Å². The van der Waals surface area contributed by atoms with Crippen LogP contribution in [-0.2, 0) is 0 Å². The summed E-state index contributed by atoms with van der Waals surface area (Å²) in [6.07, 6.45) is 3.13. The summed E-state index contributed by atoms with van der Waals surface area (Å²) in [5, 5.41) is 2.94. The van der Waals surface area contributed by atoms with Crippen LogP contribution in [0.1, 0.15) is 42.1 Å². The van der Waals surface area contributed by atoms with E-state index in [1.165, 1.54) is 12.1 Å². The molecular formula is C14H19FN2O. The zero-order valence-electron chi connectivity index (χ0n) is 10.8. The molecule has 0 saturated heterocycles. The van der Waals surface area contributed by atoms with E-state index in [1.807, 2.05) is 0 Å².